The van der Waals surface area contributed by atoms with Gasteiger partial charge in [0.05, 0.1) is 25.5 Å². The lowest BCUT2D eigenvalue weighted by atomic mass is 10.2. The highest BCUT2D eigenvalue weighted by Crippen LogP contribution is 2.14. The third-order valence-corrected chi connectivity index (χ3v) is 2.25. The van der Waals surface area contributed by atoms with Gasteiger partial charge in [-0.05, 0) is 0 Å². The van der Waals surface area contributed by atoms with Gasteiger partial charge in [0, 0.05) is 6.42 Å². The van der Waals surface area contributed by atoms with Gasteiger partial charge >= 0.3 is 0 Å². The maximum absolute atomic E-state index is 8.88. The van der Waals surface area contributed by atoms with E-state index in [1.54, 1.807) is 6.20 Å². The summed E-state index contributed by atoms with van der Waals surface area (Å²) >= 11 is 0. The summed E-state index contributed by atoms with van der Waals surface area (Å²) in [6, 6.07) is 2.35. The van der Waals surface area contributed by atoms with Crippen LogP contribution in [0.1, 0.15) is 18.3 Å². The zero-order chi connectivity index (χ0) is 10.7. The predicted molar refractivity (Wildman–Crippen MR) is 54.4 cm³/mol. The van der Waals surface area contributed by atoms with E-state index in [9.17, 15) is 0 Å². The van der Waals surface area contributed by atoms with Crippen molar-refractivity contribution < 1.29 is 4.74 Å². The van der Waals surface area contributed by atoms with Crippen LogP contribution < -0.4 is 5.32 Å². The van der Waals surface area contributed by atoms with Gasteiger partial charge in [-0.25, -0.2) is 9.97 Å². The quantitative estimate of drug-likeness (QED) is 0.785. The molecule has 0 aromatic carbocycles. The Morgan fingerprint density at radius 3 is 3.00 bits per heavy atom. The third kappa shape index (κ3) is 2.05. The first-order valence-electron chi connectivity index (χ1n) is 4.93. The van der Waals surface area contributed by atoms with Crippen LogP contribution in [0.4, 0.5) is 5.82 Å². The standard InChI is InChI=1S/C10H12N4O/c1-2-9-12-4-7(3-11)10(14-9)13-8-5-15-6-8/h4,8H,2,5-6H2,1H3,(H,12,13,14). The van der Waals surface area contributed by atoms with Crippen LogP contribution in [0.5, 0.6) is 0 Å². The number of hydrogen-bond donors (Lipinski definition) is 1. The second-order valence-corrected chi connectivity index (χ2v) is 3.39. The first kappa shape index (κ1) is 9.87. The van der Waals surface area contributed by atoms with Gasteiger partial charge in [0.15, 0.2) is 0 Å². The first-order valence-corrected chi connectivity index (χ1v) is 4.93. The summed E-state index contributed by atoms with van der Waals surface area (Å²) in [5, 5.41) is 12.1. The molecule has 5 nitrogen and oxygen atoms in total. The Hall–Kier alpha value is -1.67. The van der Waals surface area contributed by atoms with Gasteiger partial charge in [-0.1, -0.05) is 6.92 Å². The van der Waals surface area contributed by atoms with Crippen LogP contribution in [0.15, 0.2) is 6.20 Å². The van der Waals surface area contributed by atoms with Gasteiger partial charge < -0.3 is 10.1 Å². The SMILES string of the molecule is CCc1ncc(C#N)c(NC2COC2)n1. The number of nitrogens with one attached hydrogen (secondary N) is 1. The fourth-order valence-electron chi connectivity index (χ4n) is 1.29. The molecule has 0 spiro atoms. The molecule has 0 atom stereocenters. The van der Waals surface area contributed by atoms with Crippen molar-refractivity contribution in [2.75, 3.05) is 18.5 Å². The van der Waals surface area contributed by atoms with E-state index in [0.29, 0.717) is 24.6 Å². The van der Waals surface area contributed by atoms with E-state index in [0.717, 1.165) is 12.2 Å². The van der Waals surface area contributed by atoms with Gasteiger partial charge in [0.1, 0.15) is 23.3 Å². The van der Waals surface area contributed by atoms with Crippen molar-refractivity contribution in [3.63, 3.8) is 0 Å². The Kier molecular flexibility index (Phi) is 2.79. The van der Waals surface area contributed by atoms with Crippen LogP contribution >= 0.6 is 0 Å². The summed E-state index contributed by atoms with van der Waals surface area (Å²) in [5.41, 5.74) is 0.485. The lowest BCUT2D eigenvalue weighted by Crippen LogP contribution is -2.40. The maximum Gasteiger partial charge on any atom is 0.148 e. The molecular weight excluding hydrogens is 192 g/mol. The number of anilines is 1. The first-order chi connectivity index (χ1) is 7.33. The topological polar surface area (TPSA) is 70.8 Å². The Balaban J connectivity index is 2.21. The average Bonchev–Trinajstić information content (AvgIpc) is 2.23. The minimum atomic E-state index is 0.275. The Bertz CT molecular complexity index is 395. The third-order valence-electron chi connectivity index (χ3n) is 2.25. The largest absolute Gasteiger partial charge is 0.377 e. The van der Waals surface area contributed by atoms with Crippen LogP contribution in [0.3, 0.4) is 0 Å². The summed E-state index contributed by atoms with van der Waals surface area (Å²) in [7, 11) is 0. The lowest BCUT2D eigenvalue weighted by molar-refractivity contribution is 0.0209. The minimum Gasteiger partial charge on any atom is -0.377 e. The number of hydrogen-bond acceptors (Lipinski definition) is 5. The molecule has 0 unspecified atom stereocenters. The highest BCUT2D eigenvalue weighted by molar-refractivity contribution is 5.51. The number of ether oxygens (including phenoxy) is 1. The van der Waals surface area contributed by atoms with Crippen molar-refractivity contribution in [2.45, 2.75) is 19.4 Å². The number of rotatable bonds is 3. The lowest BCUT2D eigenvalue weighted by Gasteiger charge is -2.27. The molecule has 2 rings (SSSR count). The van der Waals surface area contributed by atoms with Crippen molar-refractivity contribution >= 4 is 5.82 Å². The fourth-order valence-corrected chi connectivity index (χ4v) is 1.29. The molecule has 2 heterocycles. The molecule has 1 N–H and O–H groups in total. The summed E-state index contributed by atoms with van der Waals surface area (Å²) in [5.74, 6) is 1.37. The predicted octanol–water partition coefficient (Wildman–Crippen LogP) is 0.721. The Labute approximate surface area is 88.1 Å². The van der Waals surface area contributed by atoms with Crippen LogP contribution in [0.2, 0.25) is 0 Å². The number of aromatic nitrogens is 2. The highest BCUT2D eigenvalue weighted by atomic mass is 16.5. The molecule has 1 aliphatic heterocycles. The van der Waals surface area contributed by atoms with Crippen molar-refractivity contribution in [3.8, 4) is 6.07 Å². The van der Waals surface area contributed by atoms with Crippen LogP contribution in [0.25, 0.3) is 0 Å². The summed E-state index contributed by atoms with van der Waals surface area (Å²) in [4.78, 5) is 8.36. The molecule has 1 aromatic rings. The van der Waals surface area contributed by atoms with Crippen molar-refractivity contribution in [2.24, 2.45) is 0 Å². The number of aryl methyl sites for hydroxylation is 1. The van der Waals surface area contributed by atoms with Crippen LogP contribution in [0, 0.1) is 11.3 Å². The van der Waals surface area contributed by atoms with E-state index in [4.69, 9.17) is 10.00 Å². The van der Waals surface area contributed by atoms with Crippen molar-refractivity contribution in [1.82, 2.24) is 9.97 Å². The van der Waals surface area contributed by atoms with Gasteiger partial charge in [-0.15, -0.1) is 0 Å². The average molecular weight is 204 g/mol. The van der Waals surface area contributed by atoms with E-state index in [1.807, 2.05) is 6.92 Å². The zero-order valence-corrected chi connectivity index (χ0v) is 8.53. The molecule has 1 fully saturated rings. The highest BCUT2D eigenvalue weighted by Gasteiger charge is 2.20. The number of nitrogens with zero attached hydrogens (tertiary/aromatic N) is 3. The van der Waals surface area contributed by atoms with Gasteiger partial charge in [-0.2, -0.15) is 5.26 Å². The molecule has 78 valence electrons. The second-order valence-electron chi connectivity index (χ2n) is 3.39. The second kappa shape index (κ2) is 4.24. The molecule has 1 saturated heterocycles. The van der Waals surface area contributed by atoms with Gasteiger partial charge in [-0.3, -0.25) is 0 Å². The van der Waals surface area contributed by atoms with E-state index in [2.05, 4.69) is 21.4 Å². The zero-order valence-electron chi connectivity index (χ0n) is 8.53. The minimum absolute atomic E-state index is 0.275. The molecule has 0 radical (unpaired) electrons. The molecule has 1 aromatic heterocycles. The van der Waals surface area contributed by atoms with Crippen molar-refractivity contribution in [3.05, 3.63) is 17.6 Å². The van der Waals surface area contributed by atoms with E-state index >= 15 is 0 Å². The Morgan fingerprint density at radius 1 is 1.67 bits per heavy atom. The van der Waals surface area contributed by atoms with Gasteiger partial charge in [0.2, 0.25) is 0 Å². The summed E-state index contributed by atoms with van der Waals surface area (Å²) in [6.07, 6.45) is 2.33. The molecule has 0 amide bonds. The molecule has 0 bridgehead atoms. The summed E-state index contributed by atoms with van der Waals surface area (Å²) in [6.45, 7) is 3.34. The molecule has 5 heteroatoms. The monoisotopic (exact) mass is 204 g/mol. The van der Waals surface area contributed by atoms with Crippen molar-refractivity contribution in [1.29, 1.82) is 5.26 Å². The number of nitriles is 1. The maximum atomic E-state index is 8.88. The van der Waals surface area contributed by atoms with E-state index in [-0.39, 0.29) is 6.04 Å². The molecular formula is C10H12N4O. The smallest absolute Gasteiger partial charge is 0.148 e. The molecule has 15 heavy (non-hydrogen) atoms. The fraction of sp³-hybridized carbons (Fsp3) is 0.500. The van der Waals surface area contributed by atoms with Crippen LogP contribution in [-0.4, -0.2) is 29.2 Å². The summed E-state index contributed by atoms with van der Waals surface area (Å²) < 4.78 is 5.05. The van der Waals surface area contributed by atoms with Crippen LogP contribution in [-0.2, 0) is 11.2 Å². The molecule has 0 saturated carbocycles. The van der Waals surface area contributed by atoms with E-state index in [1.165, 1.54) is 0 Å². The Morgan fingerprint density at radius 2 is 2.47 bits per heavy atom. The van der Waals surface area contributed by atoms with Gasteiger partial charge in [0.25, 0.3) is 0 Å². The molecule has 1 aliphatic rings. The normalized spacial score (nSPS) is 15.5. The molecule has 0 aliphatic carbocycles. The van der Waals surface area contributed by atoms with E-state index < -0.39 is 0 Å².